The Hall–Kier alpha value is 1.45. The molecule has 0 saturated carbocycles. The summed E-state index contributed by atoms with van der Waals surface area (Å²) in [6.45, 7) is -0.0848. The van der Waals surface area contributed by atoms with Crippen molar-refractivity contribution in [2.24, 2.45) is 0 Å². The van der Waals surface area contributed by atoms with Gasteiger partial charge < -0.3 is 13.8 Å². The first-order valence-electron chi connectivity index (χ1n) is 1.60. The van der Waals surface area contributed by atoms with Crippen LogP contribution in [0.4, 0.5) is 0 Å². The Balaban J connectivity index is 0. The second kappa shape index (κ2) is 8.45. The molecule has 0 aromatic heterocycles. The zero-order chi connectivity index (χ0) is 5.70. The van der Waals surface area contributed by atoms with E-state index in [9.17, 15) is 4.55 Å². The summed E-state index contributed by atoms with van der Waals surface area (Å²) < 4.78 is 14.0. The Morgan fingerprint density at radius 2 is 2.25 bits per heavy atom. The molecular formula is C2H5NaO3S2. The van der Waals surface area contributed by atoms with Crippen LogP contribution in [0, 0.1) is 0 Å². The number of aliphatic hydroxyl groups is 1. The monoisotopic (exact) mass is 164 g/mol. The summed E-state index contributed by atoms with van der Waals surface area (Å²) >= 11 is 4.08. The first kappa shape index (κ1) is 12.2. The summed E-state index contributed by atoms with van der Waals surface area (Å²) in [5.74, 6) is 0. The van der Waals surface area contributed by atoms with E-state index >= 15 is 0 Å². The fourth-order valence-corrected chi connectivity index (χ4v) is 0.520. The Kier molecular flexibility index (Phi) is 12.8. The molecule has 0 saturated heterocycles. The summed E-state index contributed by atoms with van der Waals surface area (Å²) in [6, 6.07) is 0. The fourth-order valence-electron chi connectivity index (χ4n) is 0.105. The predicted octanol–water partition coefficient (Wildman–Crippen LogP) is -3.88. The Bertz CT molecular complexity index is 68.3. The fraction of sp³-hybridized carbons (Fsp3) is 1.00. The van der Waals surface area contributed by atoms with Crippen LogP contribution in [0.15, 0.2) is 0 Å². The molecule has 0 aromatic carbocycles. The maximum absolute atomic E-state index is 9.80. The Morgan fingerprint density at radius 3 is 2.38 bits per heavy atom. The standard InChI is InChI=1S/C2H6O3S2.Na/c3-1-2-5-7(4)6;/h3H,1-2H2,(H,4,6);/q;+1/p-1. The van der Waals surface area contributed by atoms with Crippen molar-refractivity contribution >= 4 is 21.2 Å². The summed E-state index contributed by atoms with van der Waals surface area (Å²) in [6.07, 6.45) is 0. The smallest absolute Gasteiger partial charge is 0.773 e. The molecule has 8 heavy (non-hydrogen) atoms. The van der Waals surface area contributed by atoms with Crippen LogP contribution in [-0.2, 0) is 25.4 Å². The third-order valence-corrected chi connectivity index (χ3v) is 0.919. The Labute approximate surface area is 77.3 Å². The molecule has 0 bridgehead atoms. The van der Waals surface area contributed by atoms with E-state index in [0.717, 1.165) is 0 Å². The zero-order valence-corrected chi connectivity index (χ0v) is 8.13. The van der Waals surface area contributed by atoms with Crippen LogP contribution in [0.5, 0.6) is 0 Å². The van der Waals surface area contributed by atoms with Crippen LogP contribution in [0.25, 0.3) is 0 Å². The van der Waals surface area contributed by atoms with Crippen LogP contribution in [-0.4, -0.2) is 22.9 Å². The molecule has 0 aromatic rings. The molecule has 0 aliphatic heterocycles. The molecule has 0 amide bonds. The van der Waals surface area contributed by atoms with E-state index in [0.29, 0.717) is 0 Å². The largest absolute Gasteiger partial charge is 1.00 e. The molecule has 1 atom stereocenters. The molecule has 1 N–H and O–H groups in total. The van der Waals surface area contributed by atoms with Crippen molar-refractivity contribution in [3.05, 3.63) is 0 Å². The van der Waals surface area contributed by atoms with E-state index < -0.39 is 10.0 Å². The molecule has 0 aliphatic rings. The third-order valence-electron chi connectivity index (χ3n) is 0.271. The molecule has 0 radical (unpaired) electrons. The van der Waals surface area contributed by atoms with Crippen LogP contribution >= 0.6 is 0 Å². The molecular weight excluding hydrogens is 159 g/mol. The van der Waals surface area contributed by atoms with Gasteiger partial charge in [-0.05, 0) is 11.2 Å². The quantitative estimate of drug-likeness (QED) is 0.434. The number of rotatable bonds is 3. The molecule has 0 spiro atoms. The first-order chi connectivity index (χ1) is 3.27. The van der Waals surface area contributed by atoms with E-state index in [1.165, 1.54) is 0 Å². The van der Waals surface area contributed by atoms with Gasteiger partial charge in [0.05, 0.1) is 13.2 Å². The third kappa shape index (κ3) is 10.4. The topological polar surface area (TPSA) is 52.5 Å². The van der Waals surface area contributed by atoms with Gasteiger partial charge in [-0.25, -0.2) is 0 Å². The van der Waals surface area contributed by atoms with Crippen molar-refractivity contribution in [1.29, 1.82) is 0 Å². The van der Waals surface area contributed by atoms with E-state index in [1.807, 2.05) is 0 Å². The van der Waals surface area contributed by atoms with Crippen LogP contribution in [0.1, 0.15) is 0 Å². The van der Waals surface area contributed by atoms with Gasteiger partial charge in [-0.3, -0.25) is 0 Å². The molecule has 6 heteroatoms. The van der Waals surface area contributed by atoms with Crippen molar-refractivity contribution < 1.29 is 43.4 Å². The maximum atomic E-state index is 9.80. The second-order valence-corrected chi connectivity index (χ2v) is 2.21. The number of aliphatic hydroxyl groups excluding tert-OH is 1. The molecule has 1 unspecified atom stereocenters. The van der Waals surface area contributed by atoms with E-state index in [2.05, 4.69) is 15.4 Å². The van der Waals surface area contributed by atoms with Crippen LogP contribution < -0.4 is 29.6 Å². The van der Waals surface area contributed by atoms with Gasteiger partial charge in [-0.2, -0.15) is 0 Å². The second-order valence-electron chi connectivity index (χ2n) is 0.750. The zero-order valence-electron chi connectivity index (χ0n) is 4.49. The average Bonchev–Trinajstić information content (AvgIpc) is 1.61. The maximum Gasteiger partial charge on any atom is 1.00 e. The summed E-state index contributed by atoms with van der Waals surface area (Å²) in [7, 11) is -1.64. The van der Waals surface area contributed by atoms with Crippen molar-refractivity contribution in [2.75, 3.05) is 13.2 Å². The molecule has 3 nitrogen and oxygen atoms in total. The van der Waals surface area contributed by atoms with E-state index in [1.54, 1.807) is 0 Å². The minimum absolute atomic E-state index is 0. The SMILES string of the molecule is [Na+].[O-]S(=S)OCCO. The van der Waals surface area contributed by atoms with Crippen LogP contribution in [0.2, 0.25) is 0 Å². The van der Waals surface area contributed by atoms with Crippen molar-refractivity contribution in [3.63, 3.8) is 0 Å². The number of hydrogen-bond donors (Lipinski definition) is 1. The minimum Gasteiger partial charge on any atom is -0.773 e. The molecule has 44 valence electrons. The van der Waals surface area contributed by atoms with Gasteiger partial charge in [-0.15, -0.1) is 0 Å². The molecule has 0 aliphatic carbocycles. The minimum atomic E-state index is -1.64. The predicted molar refractivity (Wildman–Crippen MR) is 28.5 cm³/mol. The summed E-state index contributed by atoms with van der Waals surface area (Å²) in [4.78, 5) is 0. The van der Waals surface area contributed by atoms with Gasteiger partial charge >= 0.3 is 29.6 Å². The van der Waals surface area contributed by atoms with Gasteiger partial charge in [0.15, 0.2) is 0 Å². The first-order valence-corrected chi connectivity index (χ1v) is 3.60. The van der Waals surface area contributed by atoms with Crippen molar-refractivity contribution in [1.82, 2.24) is 0 Å². The Morgan fingerprint density at radius 1 is 1.75 bits per heavy atom. The van der Waals surface area contributed by atoms with Gasteiger partial charge in [-0.1, -0.05) is 10.0 Å². The van der Waals surface area contributed by atoms with E-state index in [-0.39, 0.29) is 42.8 Å². The van der Waals surface area contributed by atoms with Gasteiger partial charge in [0.2, 0.25) is 0 Å². The summed E-state index contributed by atoms with van der Waals surface area (Å²) in [5.41, 5.74) is 0. The van der Waals surface area contributed by atoms with Crippen molar-refractivity contribution in [2.45, 2.75) is 0 Å². The van der Waals surface area contributed by atoms with Crippen LogP contribution in [0.3, 0.4) is 0 Å². The number of hydrogen-bond acceptors (Lipinski definition) is 4. The normalized spacial score (nSPS) is 12.2. The molecule has 0 fully saturated rings. The molecule has 0 heterocycles. The van der Waals surface area contributed by atoms with Gasteiger partial charge in [0, 0.05) is 0 Å². The molecule has 0 rings (SSSR count). The van der Waals surface area contributed by atoms with E-state index in [4.69, 9.17) is 5.11 Å². The average molecular weight is 164 g/mol. The summed E-state index contributed by atoms with van der Waals surface area (Å²) in [5, 5.41) is 8.01. The van der Waals surface area contributed by atoms with Gasteiger partial charge in [0.1, 0.15) is 0 Å². The van der Waals surface area contributed by atoms with Crippen molar-refractivity contribution in [3.8, 4) is 0 Å². The van der Waals surface area contributed by atoms with Gasteiger partial charge in [0.25, 0.3) is 0 Å².